The largest absolute Gasteiger partial charge is 0.346 e. The molecule has 0 radical (unpaired) electrons. The molecule has 0 N–H and O–H groups in total. The molecular formula is C19H19N2+. The lowest BCUT2D eigenvalue weighted by molar-refractivity contribution is -0.674. The van der Waals surface area contributed by atoms with Crippen LogP contribution in [0.1, 0.15) is 12.6 Å². The molecule has 0 saturated heterocycles. The Balaban J connectivity index is 1.88. The smallest absolute Gasteiger partial charge is 0.209 e. The fraction of sp³-hybridized carbons (Fsp3) is 0.211. The van der Waals surface area contributed by atoms with Crippen molar-refractivity contribution in [3.05, 3.63) is 84.0 Å². The highest BCUT2D eigenvalue weighted by Crippen LogP contribution is 2.44. The first-order valence-electron chi connectivity index (χ1n) is 7.44. The molecule has 2 unspecified atom stereocenters. The number of aromatic nitrogens is 1. The average molecular weight is 275 g/mol. The topological polar surface area (TPSA) is 7.12 Å². The molecule has 104 valence electrons. The van der Waals surface area contributed by atoms with Crippen LogP contribution in [0.5, 0.6) is 0 Å². The highest BCUT2D eigenvalue weighted by Gasteiger charge is 2.39. The molecule has 21 heavy (non-hydrogen) atoms. The van der Waals surface area contributed by atoms with E-state index < -0.39 is 0 Å². The fourth-order valence-electron chi connectivity index (χ4n) is 3.59. The highest BCUT2D eigenvalue weighted by atomic mass is 15.2. The summed E-state index contributed by atoms with van der Waals surface area (Å²) in [6.07, 6.45) is 17.7. The molecule has 1 aliphatic carbocycles. The molecule has 1 aromatic rings. The average Bonchev–Trinajstić information content (AvgIpc) is 2.87. The Bertz CT molecular complexity index is 747. The molecule has 3 heterocycles. The molecule has 2 nitrogen and oxygen atoms in total. The van der Waals surface area contributed by atoms with Gasteiger partial charge >= 0.3 is 0 Å². The van der Waals surface area contributed by atoms with Gasteiger partial charge in [0.1, 0.15) is 7.05 Å². The number of hydrogen-bond acceptors (Lipinski definition) is 1. The maximum absolute atomic E-state index is 2.33. The van der Waals surface area contributed by atoms with Crippen LogP contribution in [0.25, 0.3) is 5.57 Å². The molecule has 0 aromatic carbocycles. The van der Waals surface area contributed by atoms with Crippen molar-refractivity contribution in [2.75, 3.05) is 0 Å². The van der Waals surface area contributed by atoms with Gasteiger partial charge < -0.3 is 4.90 Å². The standard InChI is InChI=1S/C19H19N2/c1-14-9-10-15-13-21-12-6-4-8-17(21)19(15)18(14)16-7-3-5-11-20(16)2/h3-13,17,19H,1-2H3/q+1. The Morgan fingerprint density at radius 3 is 2.90 bits per heavy atom. The summed E-state index contributed by atoms with van der Waals surface area (Å²) >= 11 is 0. The van der Waals surface area contributed by atoms with E-state index in [0.29, 0.717) is 12.0 Å². The molecule has 2 aliphatic heterocycles. The van der Waals surface area contributed by atoms with E-state index in [1.165, 1.54) is 22.4 Å². The van der Waals surface area contributed by atoms with Gasteiger partial charge in [0, 0.05) is 36.0 Å². The Morgan fingerprint density at radius 2 is 2.05 bits per heavy atom. The summed E-state index contributed by atoms with van der Waals surface area (Å²) in [5.41, 5.74) is 5.52. The Labute approximate surface area is 125 Å². The molecule has 1 aromatic heterocycles. The third kappa shape index (κ3) is 1.83. The van der Waals surface area contributed by atoms with E-state index in [-0.39, 0.29) is 0 Å². The van der Waals surface area contributed by atoms with Crippen LogP contribution < -0.4 is 4.57 Å². The summed E-state index contributed by atoms with van der Waals surface area (Å²) in [5.74, 6) is 0.421. The van der Waals surface area contributed by atoms with Gasteiger partial charge in [0.15, 0.2) is 6.20 Å². The second-order valence-electron chi connectivity index (χ2n) is 5.90. The van der Waals surface area contributed by atoms with Crippen molar-refractivity contribution in [2.24, 2.45) is 13.0 Å². The van der Waals surface area contributed by atoms with Crippen LogP contribution in [-0.2, 0) is 7.05 Å². The summed E-state index contributed by atoms with van der Waals surface area (Å²) in [7, 11) is 2.13. The number of aryl methyl sites for hydroxylation is 1. The molecule has 2 heteroatoms. The van der Waals surface area contributed by atoms with E-state index in [0.717, 1.165) is 0 Å². The summed E-state index contributed by atoms with van der Waals surface area (Å²) in [6, 6.07) is 6.83. The predicted octanol–water partition coefficient (Wildman–Crippen LogP) is 3.12. The Hall–Kier alpha value is -2.35. The predicted molar refractivity (Wildman–Crippen MR) is 84.8 cm³/mol. The summed E-state index contributed by atoms with van der Waals surface area (Å²) in [4.78, 5) is 2.33. The number of fused-ring (bicyclic) bond motifs is 3. The number of hydrogen-bond donors (Lipinski definition) is 0. The Kier molecular flexibility index (Phi) is 2.71. The van der Waals surface area contributed by atoms with Crippen LogP contribution in [0.4, 0.5) is 0 Å². The molecule has 2 atom stereocenters. The summed E-state index contributed by atoms with van der Waals surface area (Å²) in [5, 5.41) is 0. The van der Waals surface area contributed by atoms with E-state index in [9.17, 15) is 0 Å². The molecule has 0 bridgehead atoms. The van der Waals surface area contributed by atoms with Crippen LogP contribution >= 0.6 is 0 Å². The zero-order valence-corrected chi connectivity index (χ0v) is 12.4. The molecule has 4 rings (SSSR count). The number of allylic oxidation sites excluding steroid dienone is 5. The van der Waals surface area contributed by atoms with Crippen molar-refractivity contribution in [3.63, 3.8) is 0 Å². The van der Waals surface area contributed by atoms with Gasteiger partial charge in [-0.25, -0.2) is 4.57 Å². The fourth-order valence-corrected chi connectivity index (χ4v) is 3.59. The van der Waals surface area contributed by atoms with Crippen molar-refractivity contribution in [1.82, 2.24) is 4.90 Å². The van der Waals surface area contributed by atoms with E-state index in [2.05, 4.69) is 90.6 Å². The first-order valence-corrected chi connectivity index (χ1v) is 7.44. The van der Waals surface area contributed by atoms with Crippen molar-refractivity contribution < 1.29 is 4.57 Å². The van der Waals surface area contributed by atoms with Gasteiger partial charge in [-0.1, -0.05) is 24.3 Å². The zero-order valence-electron chi connectivity index (χ0n) is 12.4. The summed E-state index contributed by atoms with van der Waals surface area (Å²) < 4.78 is 2.22. The monoisotopic (exact) mass is 275 g/mol. The van der Waals surface area contributed by atoms with Crippen molar-refractivity contribution >= 4 is 5.57 Å². The lowest BCUT2D eigenvalue weighted by atomic mass is 9.79. The maximum Gasteiger partial charge on any atom is 0.209 e. The first kappa shape index (κ1) is 12.4. The second kappa shape index (κ2) is 4.59. The van der Waals surface area contributed by atoms with Crippen molar-refractivity contribution in [2.45, 2.75) is 13.0 Å². The van der Waals surface area contributed by atoms with Gasteiger partial charge in [-0.15, -0.1) is 0 Å². The quantitative estimate of drug-likeness (QED) is 0.714. The molecule has 0 amide bonds. The number of nitrogens with zero attached hydrogens (tertiary/aromatic N) is 2. The minimum Gasteiger partial charge on any atom is -0.346 e. The van der Waals surface area contributed by atoms with Crippen LogP contribution in [0.2, 0.25) is 0 Å². The normalized spacial score (nSPS) is 26.0. The van der Waals surface area contributed by atoms with Gasteiger partial charge in [-0.2, -0.15) is 0 Å². The summed E-state index contributed by atoms with van der Waals surface area (Å²) in [6.45, 7) is 2.22. The lowest BCUT2D eigenvalue weighted by Crippen LogP contribution is -2.37. The first-order chi connectivity index (χ1) is 10.3. The number of pyridine rings is 1. The van der Waals surface area contributed by atoms with Crippen LogP contribution in [0, 0.1) is 5.92 Å². The SMILES string of the molecule is CC1=C(c2cccc[n+]2C)C2C(=CN3C=CC=CC23)C=C1. The highest BCUT2D eigenvalue weighted by molar-refractivity contribution is 5.76. The van der Waals surface area contributed by atoms with Gasteiger partial charge in [0.05, 0.1) is 6.04 Å². The Morgan fingerprint density at radius 1 is 1.14 bits per heavy atom. The van der Waals surface area contributed by atoms with Crippen LogP contribution in [0.3, 0.4) is 0 Å². The second-order valence-corrected chi connectivity index (χ2v) is 5.90. The van der Waals surface area contributed by atoms with Gasteiger partial charge in [0.25, 0.3) is 0 Å². The molecule has 0 fully saturated rings. The van der Waals surface area contributed by atoms with E-state index >= 15 is 0 Å². The molecular weight excluding hydrogens is 256 g/mol. The van der Waals surface area contributed by atoms with Gasteiger partial charge in [-0.3, -0.25) is 0 Å². The third-order valence-corrected chi connectivity index (χ3v) is 4.61. The van der Waals surface area contributed by atoms with Crippen molar-refractivity contribution in [1.29, 1.82) is 0 Å². The zero-order chi connectivity index (χ0) is 14.4. The van der Waals surface area contributed by atoms with Crippen LogP contribution in [0.15, 0.2) is 78.3 Å². The van der Waals surface area contributed by atoms with Crippen LogP contribution in [-0.4, -0.2) is 10.9 Å². The van der Waals surface area contributed by atoms with Gasteiger partial charge in [0.2, 0.25) is 5.69 Å². The number of rotatable bonds is 1. The minimum atomic E-state index is 0.403. The lowest BCUT2D eigenvalue weighted by Gasteiger charge is -2.29. The molecule has 0 spiro atoms. The molecule has 3 aliphatic rings. The van der Waals surface area contributed by atoms with E-state index in [4.69, 9.17) is 0 Å². The minimum absolute atomic E-state index is 0.403. The third-order valence-electron chi connectivity index (χ3n) is 4.61. The molecule has 0 saturated carbocycles. The van der Waals surface area contributed by atoms with Crippen molar-refractivity contribution in [3.8, 4) is 0 Å². The van der Waals surface area contributed by atoms with E-state index in [1.54, 1.807) is 0 Å². The van der Waals surface area contributed by atoms with E-state index in [1.807, 2.05) is 0 Å². The maximum atomic E-state index is 2.33. The van der Waals surface area contributed by atoms with Gasteiger partial charge in [-0.05, 0) is 30.2 Å².